The van der Waals surface area contributed by atoms with Crippen molar-refractivity contribution >= 4 is 5.91 Å². The topological polar surface area (TPSA) is 68.0 Å². The first-order chi connectivity index (χ1) is 9.52. The molecule has 0 radical (unpaired) electrons. The van der Waals surface area contributed by atoms with Crippen molar-refractivity contribution in [2.75, 3.05) is 0 Å². The van der Waals surface area contributed by atoms with Crippen LogP contribution in [0.2, 0.25) is 0 Å². The van der Waals surface area contributed by atoms with Gasteiger partial charge in [0.15, 0.2) is 0 Å². The second-order valence-electron chi connectivity index (χ2n) is 4.92. The second-order valence-corrected chi connectivity index (χ2v) is 4.92. The highest BCUT2D eigenvalue weighted by Crippen LogP contribution is 2.24. The van der Waals surface area contributed by atoms with E-state index in [0.717, 1.165) is 29.0 Å². The van der Waals surface area contributed by atoms with Gasteiger partial charge in [-0.25, -0.2) is 0 Å². The number of hydrogen-bond donors (Lipinski definition) is 1. The first kappa shape index (κ1) is 14.2. The quantitative estimate of drug-likeness (QED) is 0.930. The maximum Gasteiger partial charge on any atom is 0.253 e. The molecule has 0 fully saturated rings. The van der Waals surface area contributed by atoms with E-state index in [2.05, 4.69) is 15.5 Å². The van der Waals surface area contributed by atoms with Crippen molar-refractivity contribution in [1.29, 1.82) is 0 Å². The molecule has 1 amide bonds. The summed E-state index contributed by atoms with van der Waals surface area (Å²) in [5.74, 6) is 0.616. The van der Waals surface area contributed by atoms with E-state index in [1.165, 1.54) is 0 Å². The van der Waals surface area contributed by atoms with Crippen LogP contribution in [0.4, 0.5) is 0 Å². The van der Waals surface area contributed by atoms with Crippen molar-refractivity contribution in [2.24, 2.45) is 0 Å². The number of amides is 1. The van der Waals surface area contributed by atoms with Gasteiger partial charge in [-0.15, -0.1) is 0 Å². The van der Waals surface area contributed by atoms with Gasteiger partial charge in [0.05, 0.1) is 17.3 Å². The lowest BCUT2D eigenvalue weighted by molar-refractivity contribution is 0.0935. The van der Waals surface area contributed by atoms with Gasteiger partial charge in [-0.3, -0.25) is 9.78 Å². The van der Waals surface area contributed by atoms with Crippen LogP contribution >= 0.6 is 0 Å². The van der Waals surface area contributed by atoms with E-state index in [1.807, 2.05) is 33.8 Å². The number of pyridine rings is 1. The van der Waals surface area contributed by atoms with Crippen LogP contribution in [0, 0.1) is 20.8 Å². The summed E-state index contributed by atoms with van der Waals surface area (Å²) in [4.78, 5) is 16.3. The Morgan fingerprint density at radius 1 is 1.35 bits per heavy atom. The molecule has 0 aliphatic rings. The van der Waals surface area contributed by atoms with Gasteiger partial charge >= 0.3 is 0 Å². The third-order valence-corrected chi connectivity index (χ3v) is 3.29. The molecule has 0 saturated carbocycles. The lowest BCUT2D eigenvalue weighted by atomic mass is 10.0. The molecule has 106 valence electrons. The van der Waals surface area contributed by atoms with E-state index in [0.29, 0.717) is 5.56 Å². The highest BCUT2D eigenvalue weighted by molar-refractivity contribution is 5.94. The zero-order chi connectivity index (χ0) is 14.7. The van der Waals surface area contributed by atoms with Crippen LogP contribution in [0.1, 0.15) is 52.3 Å². The molecule has 0 bridgehead atoms. The average molecular weight is 273 g/mol. The minimum atomic E-state index is -0.131. The highest BCUT2D eigenvalue weighted by atomic mass is 16.5. The molecule has 1 N–H and O–H groups in total. The lowest BCUT2D eigenvalue weighted by Crippen LogP contribution is -2.29. The predicted molar refractivity (Wildman–Crippen MR) is 75.4 cm³/mol. The van der Waals surface area contributed by atoms with E-state index in [4.69, 9.17) is 4.52 Å². The monoisotopic (exact) mass is 273 g/mol. The summed E-state index contributed by atoms with van der Waals surface area (Å²) in [6.07, 6.45) is 4.07. The number of nitrogens with zero attached hydrogens (tertiary/aromatic N) is 2. The lowest BCUT2D eigenvalue weighted by Gasteiger charge is -2.17. The maximum absolute atomic E-state index is 12.3. The SMILES string of the molecule is CCC(NC(=O)c1cncc(C)c1)c1c(C)noc1C. The number of carbonyl (C=O) groups excluding carboxylic acids is 1. The van der Waals surface area contributed by atoms with Gasteiger partial charge in [0.25, 0.3) is 5.91 Å². The molecule has 0 aliphatic heterocycles. The largest absolute Gasteiger partial charge is 0.361 e. The van der Waals surface area contributed by atoms with Crippen LogP contribution in [0.5, 0.6) is 0 Å². The number of hydrogen-bond acceptors (Lipinski definition) is 4. The molecule has 0 aromatic carbocycles. The second kappa shape index (κ2) is 5.86. The normalized spacial score (nSPS) is 12.2. The minimum absolute atomic E-state index is 0.103. The molecule has 2 rings (SSSR count). The van der Waals surface area contributed by atoms with Gasteiger partial charge in [0.1, 0.15) is 5.76 Å². The Bertz CT molecular complexity index is 600. The van der Waals surface area contributed by atoms with E-state index >= 15 is 0 Å². The fourth-order valence-corrected chi connectivity index (χ4v) is 2.29. The molecule has 2 aromatic heterocycles. The van der Waals surface area contributed by atoms with Crippen molar-refractivity contribution in [2.45, 2.75) is 40.2 Å². The molecular weight excluding hydrogens is 254 g/mol. The van der Waals surface area contributed by atoms with E-state index in [9.17, 15) is 4.79 Å². The number of aryl methyl sites for hydroxylation is 3. The Hall–Kier alpha value is -2.17. The summed E-state index contributed by atoms with van der Waals surface area (Å²) in [5, 5.41) is 6.96. The van der Waals surface area contributed by atoms with Gasteiger partial charge in [-0.1, -0.05) is 12.1 Å². The fraction of sp³-hybridized carbons (Fsp3) is 0.400. The Kier molecular flexibility index (Phi) is 4.17. The van der Waals surface area contributed by atoms with Crippen LogP contribution < -0.4 is 5.32 Å². The first-order valence-electron chi connectivity index (χ1n) is 6.68. The zero-order valence-electron chi connectivity index (χ0n) is 12.2. The average Bonchev–Trinajstić information content (AvgIpc) is 2.75. The van der Waals surface area contributed by atoms with Gasteiger partial charge in [0, 0.05) is 18.0 Å². The molecular formula is C15H19N3O2. The molecule has 0 aliphatic carbocycles. The molecule has 1 unspecified atom stereocenters. The Labute approximate surface area is 118 Å². The highest BCUT2D eigenvalue weighted by Gasteiger charge is 2.21. The molecule has 5 nitrogen and oxygen atoms in total. The predicted octanol–water partition coefficient (Wildman–Crippen LogP) is 2.88. The maximum atomic E-state index is 12.3. The number of rotatable bonds is 4. The van der Waals surface area contributed by atoms with Crippen molar-refractivity contribution < 1.29 is 9.32 Å². The molecule has 5 heteroatoms. The third kappa shape index (κ3) is 2.87. The van der Waals surface area contributed by atoms with Crippen molar-refractivity contribution in [3.63, 3.8) is 0 Å². The van der Waals surface area contributed by atoms with Gasteiger partial charge in [0.2, 0.25) is 0 Å². The van der Waals surface area contributed by atoms with Crippen LogP contribution in [-0.2, 0) is 0 Å². The molecule has 20 heavy (non-hydrogen) atoms. The van der Waals surface area contributed by atoms with Gasteiger partial charge < -0.3 is 9.84 Å². The van der Waals surface area contributed by atoms with E-state index < -0.39 is 0 Å². The summed E-state index contributed by atoms with van der Waals surface area (Å²) in [5.41, 5.74) is 3.30. The summed E-state index contributed by atoms with van der Waals surface area (Å²) in [7, 11) is 0. The van der Waals surface area contributed by atoms with Crippen molar-refractivity contribution in [3.8, 4) is 0 Å². The summed E-state index contributed by atoms with van der Waals surface area (Å²) >= 11 is 0. The van der Waals surface area contributed by atoms with Crippen molar-refractivity contribution in [1.82, 2.24) is 15.5 Å². The number of aromatic nitrogens is 2. The van der Waals surface area contributed by atoms with Crippen molar-refractivity contribution in [3.05, 3.63) is 46.6 Å². The van der Waals surface area contributed by atoms with Crippen LogP contribution in [0.25, 0.3) is 0 Å². The molecule has 2 heterocycles. The number of carbonyl (C=O) groups is 1. The number of nitrogens with one attached hydrogen (secondary N) is 1. The van der Waals surface area contributed by atoms with Crippen LogP contribution in [-0.4, -0.2) is 16.0 Å². The summed E-state index contributed by atoms with van der Waals surface area (Å²) in [6, 6.07) is 1.72. The fourth-order valence-electron chi connectivity index (χ4n) is 2.29. The Balaban J connectivity index is 2.21. The van der Waals surface area contributed by atoms with Crippen LogP contribution in [0.3, 0.4) is 0 Å². The molecule has 1 atom stereocenters. The Morgan fingerprint density at radius 3 is 2.65 bits per heavy atom. The summed E-state index contributed by atoms with van der Waals surface area (Å²) < 4.78 is 5.17. The zero-order valence-corrected chi connectivity index (χ0v) is 12.2. The smallest absolute Gasteiger partial charge is 0.253 e. The molecule has 0 spiro atoms. The van der Waals surface area contributed by atoms with E-state index in [-0.39, 0.29) is 11.9 Å². The van der Waals surface area contributed by atoms with Crippen LogP contribution in [0.15, 0.2) is 23.0 Å². The standard InChI is InChI=1S/C15H19N3O2/c1-5-13(14-10(3)18-20-11(14)4)17-15(19)12-6-9(2)7-16-8-12/h6-8,13H,5H2,1-4H3,(H,17,19). The molecule has 2 aromatic rings. The van der Waals surface area contributed by atoms with Gasteiger partial charge in [-0.05, 0) is 38.8 Å². The first-order valence-corrected chi connectivity index (χ1v) is 6.68. The van der Waals surface area contributed by atoms with E-state index in [1.54, 1.807) is 12.4 Å². The summed E-state index contributed by atoms with van der Waals surface area (Å²) in [6.45, 7) is 7.67. The molecule has 0 saturated heterocycles. The van der Waals surface area contributed by atoms with Gasteiger partial charge in [-0.2, -0.15) is 0 Å². The minimum Gasteiger partial charge on any atom is -0.361 e. The Morgan fingerprint density at radius 2 is 2.10 bits per heavy atom. The third-order valence-electron chi connectivity index (χ3n) is 3.29.